The lowest BCUT2D eigenvalue weighted by Gasteiger charge is -2.22. The summed E-state index contributed by atoms with van der Waals surface area (Å²) in [5, 5.41) is 9.08. The van der Waals surface area contributed by atoms with Gasteiger partial charge in [-0.3, -0.25) is 9.78 Å². The lowest BCUT2D eigenvalue weighted by atomic mass is 10.2. The molecule has 1 aromatic rings. The van der Waals surface area contributed by atoms with E-state index in [-0.39, 0.29) is 25.1 Å². The van der Waals surface area contributed by atoms with Crippen LogP contribution in [0.1, 0.15) is 22.5 Å². The molecule has 1 aliphatic heterocycles. The van der Waals surface area contributed by atoms with E-state index in [1.807, 2.05) is 0 Å². The fraction of sp³-hybridized carbons (Fsp3) is 0.500. The third kappa shape index (κ3) is 2.90. The topological polar surface area (TPSA) is 53.4 Å². The van der Waals surface area contributed by atoms with Crippen molar-refractivity contribution in [1.82, 2.24) is 9.88 Å². The number of amides is 1. The zero-order valence-electron chi connectivity index (χ0n) is 10.3. The van der Waals surface area contributed by atoms with E-state index in [0.717, 1.165) is 17.2 Å². The van der Waals surface area contributed by atoms with Gasteiger partial charge in [0.05, 0.1) is 24.8 Å². The van der Waals surface area contributed by atoms with Crippen molar-refractivity contribution in [2.24, 2.45) is 0 Å². The van der Waals surface area contributed by atoms with Gasteiger partial charge in [0.1, 0.15) is 11.9 Å². The van der Waals surface area contributed by atoms with Crippen molar-refractivity contribution in [1.29, 1.82) is 0 Å². The first-order valence-corrected chi connectivity index (χ1v) is 5.92. The molecule has 4 nitrogen and oxygen atoms in total. The smallest absolute Gasteiger partial charge is 0.394 e. The zero-order chi connectivity index (χ0) is 14.9. The Bertz CT molecular complexity index is 489. The van der Waals surface area contributed by atoms with E-state index < -0.39 is 30.0 Å². The van der Waals surface area contributed by atoms with Crippen LogP contribution in [-0.4, -0.2) is 46.3 Å². The third-order valence-corrected chi connectivity index (χ3v) is 3.14. The number of rotatable bonds is 2. The maximum absolute atomic E-state index is 13.2. The first-order valence-electron chi connectivity index (χ1n) is 5.92. The van der Waals surface area contributed by atoms with E-state index in [9.17, 15) is 22.4 Å². The summed E-state index contributed by atoms with van der Waals surface area (Å²) in [6, 6.07) is 1.04. The van der Waals surface area contributed by atoms with Crippen LogP contribution >= 0.6 is 0 Å². The van der Waals surface area contributed by atoms with Crippen molar-refractivity contribution >= 4 is 5.91 Å². The van der Waals surface area contributed by atoms with E-state index in [4.69, 9.17) is 5.11 Å². The van der Waals surface area contributed by atoms with Crippen LogP contribution in [-0.2, 0) is 6.18 Å². The van der Waals surface area contributed by atoms with Crippen molar-refractivity contribution in [3.63, 3.8) is 0 Å². The van der Waals surface area contributed by atoms with Gasteiger partial charge < -0.3 is 10.0 Å². The number of likely N-dealkylation sites (tertiary alicyclic amines) is 1. The number of carbonyl (C=O) groups is 1. The van der Waals surface area contributed by atoms with Crippen molar-refractivity contribution in [2.75, 3.05) is 13.2 Å². The molecule has 0 aliphatic carbocycles. The van der Waals surface area contributed by atoms with Gasteiger partial charge in [0.15, 0.2) is 0 Å². The molecule has 20 heavy (non-hydrogen) atoms. The number of aromatic nitrogens is 1. The summed E-state index contributed by atoms with van der Waals surface area (Å²) in [5.41, 5.74) is -1.16. The molecular formula is C12H12F4N2O2. The molecule has 1 saturated heterocycles. The molecule has 0 unspecified atom stereocenters. The normalized spacial score (nSPS) is 23.1. The van der Waals surface area contributed by atoms with Crippen LogP contribution in [0.15, 0.2) is 18.3 Å². The summed E-state index contributed by atoms with van der Waals surface area (Å²) < 4.78 is 50.3. The Morgan fingerprint density at radius 2 is 2.15 bits per heavy atom. The van der Waals surface area contributed by atoms with Crippen molar-refractivity contribution in [3.8, 4) is 0 Å². The Balaban J connectivity index is 2.17. The van der Waals surface area contributed by atoms with Crippen molar-refractivity contribution in [2.45, 2.75) is 24.8 Å². The van der Waals surface area contributed by atoms with E-state index in [1.54, 1.807) is 0 Å². The highest BCUT2D eigenvalue weighted by Gasteiger charge is 2.36. The van der Waals surface area contributed by atoms with Gasteiger partial charge in [-0.15, -0.1) is 0 Å². The predicted octanol–water partition coefficient (Wildman–Crippen LogP) is 1.65. The molecule has 0 aromatic carbocycles. The summed E-state index contributed by atoms with van der Waals surface area (Å²) in [7, 11) is 0. The molecule has 0 saturated carbocycles. The van der Waals surface area contributed by atoms with Gasteiger partial charge in [-0.25, -0.2) is 4.39 Å². The first-order chi connectivity index (χ1) is 9.32. The number of pyridine rings is 1. The fourth-order valence-electron chi connectivity index (χ4n) is 2.14. The summed E-state index contributed by atoms with van der Waals surface area (Å²) in [6.07, 6.45) is -4.98. The van der Waals surface area contributed by atoms with Gasteiger partial charge in [-0.2, -0.15) is 13.2 Å². The second-order valence-electron chi connectivity index (χ2n) is 4.56. The molecule has 8 heteroatoms. The Kier molecular flexibility index (Phi) is 3.94. The number of aliphatic hydroxyl groups excluding tert-OH is 1. The molecule has 1 aliphatic rings. The molecule has 2 rings (SSSR count). The number of alkyl halides is 4. The minimum absolute atomic E-state index is 0.0241. The van der Waals surface area contributed by atoms with Gasteiger partial charge in [0.25, 0.3) is 5.91 Å². The molecule has 110 valence electrons. The molecule has 0 bridgehead atoms. The van der Waals surface area contributed by atoms with Gasteiger partial charge >= 0.3 is 6.18 Å². The monoisotopic (exact) mass is 292 g/mol. The predicted molar refractivity (Wildman–Crippen MR) is 60.7 cm³/mol. The average molecular weight is 292 g/mol. The van der Waals surface area contributed by atoms with Crippen LogP contribution in [0.5, 0.6) is 0 Å². The molecule has 0 spiro atoms. The second kappa shape index (κ2) is 5.35. The lowest BCUT2D eigenvalue weighted by molar-refractivity contribution is -0.141. The number of carbonyl (C=O) groups excluding carboxylic acids is 1. The van der Waals surface area contributed by atoms with Crippen LogP contribution in [0, 0.1) is 0 Å². The molecule has 2 heterocycles. The molecule has 1 aromatic heterocycles. The van der Waals surface area contributed by atoms with Crippen LogP contribution in [0.2, 0.25) is 0 Å². The molecule has 1 fully saturated rings. The highest BCUT2D eigenvalue weighted by atomic mass is 19.4. The third-order valence-electron chi connectivity index (χ3n) is 3.14. The first kappa shape index (κ1) is 14.7. The molecule has 2 atom stereocenters. The van der Waals surface area contributed by atoms with E-state index in [1.165, 1.54) is 0 Å². The van der Waals surface area contributed by atoms with Crippen LogP contribution in [0.3, 0.4) is 0 Å². The minimum Gasteiger partial charge on any atom is -0.394 e. The lowest BCUT2D eigenvalue weighted by Crippen LogP contribution is -2.38. The quantitative estimate of drug-likeness (QED) is 0.843. The van der Waals surface area contributed by atoms with Gasteiger partial charge in [-0.05, 0) is 12.1 Å². The zero-order valence-corrected chi connectivity index (χ0v) is 10.3. The van der Waals surface area contributed by atoms with E-state index in [0.29, 0.717) is 6.07 Å². The number of nitrogens with zero attached hydrogens (tertiary/aromatic N) is 2. The Morgan fingerprint density at radius 1 is 1.45 bits per heavy atom. The van der Waals surface area contributed by atoms with Crippen molar-refractivity contribution in [3.05, 3.63) is 29.6 Å². The molecule has 1 N–H and O–H groups in total. The maximum atomic E-state index is 13.2. The number of aliphatic hydroxyl groups is 1. The van der Waals surface area contributed by atoms with E-state index in [2.05, 4.69) is 4.98 Å². The van der Waals surface area contributed by atoms with Crippen LogP contribution < -0.4 is 0 Å². The SMILES string of the molecule is O=C(c1ccc(C(F)(F)F)nc1)N1C[C@@H](F)C[C@H]1CO. The molecule has 0 radical (unpaired) electrons. The number of hydrogen-bond donors (Lipinski definition) is 1. The Labute approximate surface area is 112 Å². The van der Waals surface area contributed by atoms with Gasteiger partial charge in [0, 0.05) is 12.6 Å². The Hall–Kier alpha value is -1.70. The second-order valence-corrected chi connectivity index (χ2v) is 4.56. The summed E-state index contributed by atoms with van der Waals surface area (Å²) in [5.74, 6) is -0.634. The number of halogens is 4. The maximum Gasteiger partial charge on any atom is 0.433 e. The fourth-order valence-corrected chi connectivity index (χ4v) is 2.14. The summed E-state index contributed by atoms with van der Waals surface area (Å²) >= 11 is 0. The number of hydrogen-bond acceptors (Lipinski definition) is 3. The summed E-state index contributed by atoms with van der Waals surface area (Å²) in [6.45, 7) is -0.564. The standard InChI is InChI=1S/C12H12F4N2O2/c13-8-3-9(6-19)18(5-8)11(20)7-1-2-10(17-4-7)12(14,15)16/h1-2,4,8-9,19H,3,5-6H2/t8-,9-/m0/s1. The highest BCUT2D eigenvalue weighted by molar-refractivity contribution is 5.94. The highest BCUT2D eigenvalue weighted by Crippen LogP contribution is 2.28. The molecular weight excluding hydrogens is 280 g/mol. The van der Waals surface area contributed by atoms with Gasteiger partial charge in [-0.1, -0.05) is 0 Å². The Morgan fingerprint density at radius 3 is 2.65 bits per heavy atom. The van der Waals surface area contributed by atoms with Crippen molar-refractivity contribution < 1.29 is 27.5 Å². The van der Waals surface area contributed by atoms with E-state index >= 15 is 0 Å². The average Bonchev–Trinajstić information content (AvgIpc) is 2.78. The van der Waals surface area contributed by atoms with Crippen LogP contribution in [0.4, 0.5) is 17.6 Å². The minimum atomic E-state index is -4.58. The summed E-state index contributed by atoms with van der Waals surface area (Å²) in [4.78, 5) is 16.4. The largest absolute Gasteiger partial charge is 0.433 e. The van der Waals surface area contributed by atoms with Gasteiger partial charge in [0.2, 0.25) is 0 Å². The van der Waals surface area contributed by atoms with Crippen LogP contribution in [0.25, 0.3) is 0 Å². The molecule has 1 amide bonds.